The predicted molar refractivity (Wildman–Crippen MR) is 156 cm³/mol. The van der Waals surface area contributed by atoms with E-state index in [4.69, 9.17) is 38.4 Å². The molecule has 0 atom stereocenters. The Balaban J connectivity index is 0.000000371. The average molecular weight is 669 g/mol. The summed E-state index contributed by atoms with van der Waals surface area (Å²) in [5, 5.41) is 6.75. The van der Waals surface area contributed by atoms with E-state index < -0.39 is 12.0 Å². The van der Waals surface area contributed by atoms with E-state index >= 15 is 0 Å². The molecule has 0 saturated carbocycles. The number of methoxy groups -OCH3 is 1. The van der Waals surface area contributed by atoms with Gasteiger partial charge < -0.3 is 30.6 Å². The number of para-hydroxylation sites is 2. The van der Waals surface area contributed by atoms with E-state index in [0.717, 1.165) is 29.4 Å². The fraction of sp³-hybridized carbons (Fsp3) is 0.231. The molecule has 0 bridgehead atoms. The van der Waals surface area contributed by atoms with Gasteiger partial charge >= 0.3 is 6.09 Å². The van der Waals surface area contributed by atoms with Crippen molar-refractivity contribution in [2.24, 2.45) is 0 Å². The van der Waals surface area contributed by atoms with E-state index in [1.165, 1.54) is 0 Å². The van der Waals surface area contributed by atoms with E-state index in [1.54, 1.807) is 77.2 Å². The molecule has 201 valence electrons. The summed E-state index contributed by atoms with van der Waals surface area (Å²) in [6.45, 7) is 1.14. The fourth-order valence-corrected chi connectivity index (χ4v) is 4.98. The minimum absolute atomic E-state index is 0. The number of rotatable bonds is 12. The van der Waals surface area contributed by atoms with Gasteiger partial charge in [0.05, 0.1) is 28.2 Å². The second-order valence-corrected chi connectivity index (χ2v) is 10.7. The molecule has 0 saturated heterocycles. The number of amides is 2. The standard InChI is InChI=1S/C14H12Cl2N2O.C12H16NO3S2.Y/c15-10-5-3-6-11(16)14(10)18-12-7-2-1-4-9(12)8-13(17)19;1-15-7-9-17-18-10-8-16-12(14)13-11-5-3-2-4-6-11;/h1-7,18H,8H2,(H2,17,19);3-6H,7-10H2,1H3,(H,13,14);/q;-1;/p-1. The number of hydrogen-bond donors (Lipinski definition) is 2. The molecular weight excluding hydrogens is 642 g/mol. The van der Waals surface area contributed by atoms with Crippen molar-refractivity contribution < 1.29 is 51.8 Å². The number of carbonyl (C=O) groups is 2. The van der Waals surface area contributed by atoms with Crippen LogP contribution in [0.25, 0.3) is 5.73 Å². The SMILES string of the molecule is COCCSSCCOC(=O)Nc1cc[c-]cc1.[NH-]C(=O)Cc1ccccc1Nc1c(Cl)cccc1Cl.[Y]. The van der Waals surface area contributed by atoms with Crippen LogP contribution in [0.1, 0.15) is 5.56 Å². The largest absolute Gasteiger partial charge is 0.667 e. The zero-order valence-corrected chi connectivity index (χ0v) is 26.7. The van der Waals surface area contributed by atoms with Crippen LogP contribution in [0.5, 0.6) is 0 Å². The third kappa shape index (κ3) is 14.1. The first kappa shape index (κ1) is 34.6. The van der Waals surface area contributed by atoms with Crippen molar-refractivity contribution in [3.05, 3.63) is 94.1 Å². The van der Waals surface area contributed by atoms with Crippen LogP contribution in [-0.2, 0) is 53.4 Å². The van der Waals surface area contributed by atoms with E-state index in [1.807, 2.05) is 18.2 Å². The van der Waals surface area contributed by atoms with Crippen molar-refractivity contribution in [2.75, 3.05) is 42.5 Å². The van der Waals surface area contributed by atoms with E-state index in [0.29, 0.717) is 28.0 Å². The first-order valence-corrected chi connectivity index (χ1v) is 14.3. The summed E-state index contributed by atoms with van der Waals surface area (Å²) in [7, 11) is 5.06. The number of benzene rings is 3. The van der Waals surface area contributed by atoms with Crippen molar-refractivity contribution >= 4 is 73.9 Å². The molecule has 0 fully saturated rings. The van der Waals surface area contributed by atoms with Gasteiger partial charge in [0.25, 0.3) is 0 Å². The maximum Gasteiger partial charge on any atom is 0.409 e. The summed E-state index contributed by atoms with van der Waals surface area (Å²) in [5.41, 5.74) is 9.81. The summed E-state index contributed by atoms with van der Waals surface area (Å²) in [6.07, 6.45) is -0.380. The molecule has 0 unspecified atom stereocenters. The first-order valence-electron chi connectivity index (χ1n) is 11.1. The second-order valence-electron chi connectivity index (χ2n) is 7.17. The Hall–Kier alpha value is -1.46. The van der Waals surface area contributed by atoms with Gasteiger partial charge in [0, 0.05) is 63.4 Å². The molecule has 0 aliphatic carbocycles. The van der Waals surface area contributed by atoms with Crippen LogP contribution in [0.2, 0.25) is 10.0 Å². The normalized spacial score (nSPS) is 9.87. The van der Waals surface area contributed by atoms with Crippen LogP contribution in [0, 0.1) is 6.07 Å². The first-order chi connectivity index (χ1) is 17.9. The summed E-state index contributed by atoms with van der Waals surface area (Å²) in [5.74, 6) is 1.07. The topological polar surface area (TPSA) is 100 Å². The molecule has 0 aliphatic rings. The Morgan fingerprint density at radius 2 is 1.58 bits per heavy atom. The predicted octanol–water partition coefficient (Wildman–Crippen LogP) is 7.92. The van der Waals surface area contributed by atoms with Crippen LogP contribution in [0.15, 0.2) is 66.7 Å². The summed E-state index contributed by atoms with van der Waals surface area (Å²) in [4.78, 5) is 22.3. The van der Waals surface area contributed by atoms with E-state index in [9.17, 15) is 9.59 Å². The summed E-state index contributed by atoms with van der Waals surface area (Å²) >= 11 is 12.2. The van der Waals surface area contributed by atoms with Gasteiger partial charge in [0.2, 0.25) is 0 Å². The number of hydrogen-bond acceptors (Lipinski definition) is 7. The van der Waals surface area contributed by atoms with E-state index in [-0.39, 0.29) is 39.1 Å². The van der Waals surface area contributed by atoms with Gasteiger partial charge in [-0.05, 0) is 23.8 Å². The number of ether oxygens (including phenoxy) is 2. The van der Waals surface area contributed by atoms with Crippen molar-refractivity contribution in [3.63, 3.8) is 0 Å². The molecule has 7 nitrogen and oxygen atoms in total. The third-order valence-electron chi connectivity index (χ3n) is 4.41. The zero-order valence-electron chi connectivity index (χ0n) is 20.7. The molecule has 1 radical (unpaired) electrons. The van der Waals surface area contributed by atoms with Crippen molar-refractivity contribution in [2.45, 2.75) is 6.42 Å². The Morgan fingerprint density at radius 1 is 0.947 bits per heavy atom. The maximum absolute atomic E-state index is 11.4. The maximum atomic E-state index is 11.4. The Bertz CT molecular complexity index is 1110. The molecule has 0 aromatic heterocycles. The molecule has 12 heteroatoms. The van der Waals surface area contributed by atoms with Crippen LogP contribution >= 0.6 is 44.8 Å². The van der Waals surface area contributed by atoms with Crippen LogP contribution in [0.4, 0.5) is 21.9 Å². The van der Waals surface area contributed by atoms with Gasteiger partial charge in [-0.1, -0.05) is 74.7 Å². The van der Waals surface area contributed by atoms with Gasteiger partial charge in [-0.3, -0.25) is 0 Å². The molecule has 0 spiro atoms. The number of nitrogens with one attached hydrogen (secondary N) is 3. The molecule has 3 N–H and O–H groups in total. The smallest absolute Gasteiger partial charge is 0.409 e. The van der Waals surface area contributed by atoms with Gasteiger partial charge in [-0.25, -0.2) is 4.79 Å². The molecule has 0 aliphatic heterocycles. The van der Waals surface area contributed by atoms with Gasteiger partial charge in [-0.15, -0.1) is 12.1 Å². The van der Waals surface area contributed by atoms with Gasteiger partial charge in [0.1, 0.15) is 6.61 Å². The number of carbonyl (C=O) groups excluding carboxylic acids is 2. The van der Waals surface area contributed by atoms with E-state index in [2.05, 4.69) is 16.7 Å². The quantitative estimate of drug-likeness (QED) is 0.115. The Kier molecular flexibility index (Phi) is 18.6. The Labute approximate surface area is 266 Å². The molecule has 3 rings (SSSR count). The monoisotopic (exact) mass is 668 g/mol. The molecule has 38 heavy (non-hydrogen) atoms. The minimum atomic E-state index is -0.639. The van der Waals surface area contributed by atoms with Crippen LogP contribution in [0.3, 0.4) is 0 Å². The zero-order chi connectivity index (χ0) is 26.9. The molecular formula is C26H27Cl2N3O4S2Y-2. The summed E-state index contributed by atoms with van der Waals surface area (Å²) < 4.78 is 9.95. The van der Waals surface area contributed by atoms with Crippen molar-refractivity contribution in [3.8, 4) is 0 Å². The number of halogens is 2. The fourth-order valence-electron chi connectivity index (χ4n) is 2.75. The third-order valence-corrected chi connectivity index (χ3v) is 7.37. The molecule has 2 amide bonds. The second kappa shape index (κ2) is 20.4. The van der Waals surface area contributed by atoms with Crippen molar-refractivity contribution in [1.29, 1.82) is 0 Å². The number of anilines is 3. The average Bonchev–Trinajstić information content (AvgIpc) is 2.87. The molecule has 0 heterocycles. The minimum Gasteiger partial charge on any atom is -0.667 e. The van der Waals surface area contributed by atoms with Crippen LogP contribution in [-0.4, -0.2) is 43.8 Å². The molecule has 3 aromatic carbocycles. The Morgan fingerprint density at radius 3 is 2.21 bits per heavy atom. The van der Waals surface area contributed by atoms with Gasteiger partial charge in [0.15, 0.2) is 0 Å². The van der Waals surface area contributed by atoms with Crippen LogP contribution < -0.4 is 10.6 Å². The molecule has 3 aromatic rings. The van der Waals surface area contributed by atoms with Crippen molar-refractivity contribution in [1.82, 2.24) is 0 Å². The summed E-state index contributed by atoms with van der Waals surface area (Å²) in [6, 6.07) is 22.3. The van der Waals surface area contributed by atoms with Gasteiger partial charge in [-0.2, -0.15) is 18.2 Å².